The molecule has 0 fully saturated rings. The molecule has 1 N–H and O–H groups in total. The van der Waals surface area contributed by atoms with Crippen molar-refractivity contribution in [1.29, 1.82) is 0 Å². The molecule has 0 bridgehead atoms. The van der Waals surface area contributed by atoms with Gasteiger partial charge in [0.25, 0.3) is 5.91 Å². The highest BCUT2D eigenvalue weighted by molar-refractivity contribution is 6.35. The highest BCUT2D eigenvalue weighted by Gasteiger charge is 2.06. The molecule has 0 aliphatic carbocycles. The predicted molar refractivity (Wildman–Crippen MR) is 85.5 cm³/mol. The van der Waals surface area contributed by atoms with Crippen LogP contribution in [0.3, 0.4) is 0 Å². The van der Waals surface area contributed by atoms with Crippen LogP contribution in [0.1, 0.15) is 5.56 Å². The number of amides is 1. The number of nitrogens with zero attached hydrogens (tertiary/aromatic N) is 1. The van der Waals surface area contributed by atoms with Crippen molar-refractivity contribution in [2.24, 2.45) is 7.05 Å². The zero-order chi connectivity index (χ0) is 16.1. The van der Waals surface area contributed by atoms with Crippen LogP contribution in [0.2, 0.25) is 10.0 Å². The SMILES string of the molecule is Cn1cc(CNC(=O)COc2ccc(Cl)cc2Cl)ccc1=O. The Morgan fingerprint density at radius 3 is 2.73 bits per heavy atom. The monoisotopic (exact) mass is 340 g/mol. The van der Waals surface area contributed by atoms with Crippen LogP contribution in [0.4, 0.5) is 0 Å². The summed E-state index contributed by atoms with van der Waals surface area (Å²) in [5.41, 5.74) is 0.718. The minimum absolute atomic E-state index is 0.101. The van der Waals surface area contributed by atoms with Crippen molar-refractivity contribution in [3.63, 3.8) is 0 Å². The van der Waals surface area contributed by atoms with E-state index in [4.69, 9.17) is 27.9 Å². The fourth-order valence-electron chi connectivity index (χ4n) is 1.74. The normalized spacial score (nSPS) is 10.3. The third-order valence-electron chi connectivity index (χ3n) is 2.89. The molecule has 0 saturated heterocycles. The fraction of sp³-hybridized carbons (Fsp3) is 0.200. The van der Waals surface area contributed by atoms with Crippen molar-refractivity contribution in [1.82, 2.24) is 9.88 Å². The van der Waals surface area contributed by atoms with Gasteiger partial charge < -0.3 is 14.6 Å². The summed E-state index contributed by atoms with van der Waals surface area (Å²) in [5, 5.41) is 3.54. The molecular weight excluding hydrogens is 327 g/mol. The van der Waals surface area contributed by atoms with Gasteiger partial charge in [-0.2, -0.15) is 0 Å². The number of nitrogens with one attached hydrogen (secondary N) is 1. The topological polar surface area (TPSA) is 60.3 Å². The van der Waals surface area contributed by atoms with Gasteiger partial charge in [0.2, 0.25) is 5.56 Å². The number of hydrogen-bond donors (Lipinski definition) is 1. The van der Waals surface area contributed by atoms with Crippen molar-refractivity contribution in [3.05, 3.63) is 62.5 Å². The van der Waals surface area contributed by atoms with Crippen molar-refractivity contribution >= 4 is 29.1 Å². The van der Waals surface area contributed by atoms with Crippen LogP contribution in [0.5, 0.6) is 5.75 Å². The van der Waals surface area contributed by atoms with Gasteiger partial charge in [-0.25, -0.2) is 0 Å². The van der Waals surface area contributed by atoms with Crippen molar-refractivity contribution < 1.29 is 9.53 Å². The molecule has 0 aliphatic rings. The summed E-state index contributed by atoms with van der Waals surface area (Å²) in [4.78, 5) is 23.0. The maximum Gasteiger partial charge on any atom is 0.258 e. The summed E-state index contributed by atoms with van der Waals surface area (Å²) in [5.74, 6) is 0.100. The zero-order valence-corrected chi connectivity index (χ0v) is 13.3. The summed E-state index contributed by atoms with van der Waals surface area (Å²) in [6, 6.07) is 7.89. The maximum absolute atomic E-state index is 11.7. The number of pyridine rings is 1. The Kier molecular flexibility index (Phi) is 5.46. The van der Waals surface area contributed by atoms with E-state index in [1.807, 2.05) is 0 Å². The lowest BCUT2D eigenvalue weighted by Crippen LogP contribution is -2.29. The molecule has 1 aromatic carbocycles. The highest BCUT2D eigenvalue weighted by Crippen LogP contribution is 2.27. The third kappa shape index (κ3) is 4.51. The van der Waals surface area contributed by atoms with Gasteiger partial charge in [0.05, 0.1) is 5.02 Å². The first-order chi connectivity index (χ1) is 10.5. The van der Waals surface area contributed by atoms with Crippen LogP contribution in [0.25, 0.3) is 0 Å². The number of aromatic nitrogens is 1. The van der Waals surface area contributed by atoms with E-state index in [2.05, 4.69) is 5.32 Å². The Morgan fingerprint density at radius 1 is 1.27 bits per heavy atom. The molecule has 0 saturated carbocycles. The Morgan fingerprint density at radius 2 is 2.05 bits per heavy atom. The number of rotatable bonds is 5. The molecule has 0 aliphatic heterocycles. The number of carbonyl (C=O) groups excluding carboxylic acids is 1. The van der Waals surface area contributed by atoms with Gasteiger partial charge in [-0.3, -0.25) is 9.59 Å². The van der Waals surface area contributed by atoms with Crippen LogP contribution in [0, 0.1) is 0 Å². The molecule has 0 unspecified atom stereocenters. The smallest absolute Gasteiger partial charge is 0.258 e. The Hall–Kier alpha value is -1.98. The third-order valence-corrected chi connectivity index (χ3v) is 3.42. The Bertz CT molecular complexity index is 744. The molecule has 5 nitrogen and oxygen atoms in total. The summed E-state index contributed by atoms with van der Waals surface area (Å²) < 4.78 is 6.78. The molecule has 2 rings (SSSR count). The van der Waals surface area contributed by atoms with Gasteiger partial charge in [-0.1, -0.05) is 29.3 Å². The lowest BCUT2D eigenvalue weighted by molar-refractivity contribution is -0.123. The molecule has 22 heavy (non-hydrogen) atoms. The second kappa shape index (κ2) is 7.33. The quantitative estimate of drug-likeness (QED) is 0.908. The van der Waals surface area contributed by atoms with Crippen molar-refractivity contribution in [3.8, 4) is 5.75 Å². The molecule has 2 aromatic rings. The molecule has 1 amide bonds. The van der Waals surface area contributed by atoms with E-state index < -0.39 is 0 Å². The highest BCUT2D eigenvalue weighted by atomic mass is 35.5. The lowest BCUT2D eigenvalue weighted by atomic mass is 10.3. The molecular formula is C15H14Cl2N2O3. The number of benzene rings is 1. The Labute approximate surface area is 137 Å². The first-order valence-corrected chi connectivity index (χ1v) is 7.21. The number of halogens is 2. The van der Waals surface area contributed by atoms with Gasteiger partial charge in [0.15, 0.2) is 6.61 Å². The van der Waals surface area contributed by atoms with Crippen LogP contribution in [-0.4, -0.2) is 17.1 Å². The van der Waals surface area contributed by atoms with Crippen LogP contribution < -0.4 is 15.6 Å². The number of carbonyl (C=O) groups is 1. The van der Waals surface area contributed by atoms with E-state index in [0.717, 1.165) is 5.56 Å². The standard InChI is InChI=1S/C15H14Cl2N2O3/c1-19-8-10(2-5-15(19)21)7-18-14(20)9-22-13-4-3-11(16)6-12(13)17/h2-6,8H,7,9H2,1H3,(H,18,20). The molecule has 7 heteroatoms. The van der Waals surface area contributed by atoms with Crippen molar-refractivity contribution in [2.75, 3.05) is 6.61 Å². The van der Waals surface area contributed by atoms with E-state index in [1.54, 1.807) is 37.5 Å². The summed E-state index contributed by atoms with van der Waals surface area (Å²) in [6.07, 6.45) is 1.67. The Balaban J connectivity index is 1.85. The van der Waals surface area contributed by atoms with Crippen LogP contribution in [0.15, 0.2) is 41.3 Å². The number of ether oxygens (including phenoxy) is 1. The van der Waals surface area contributed by atoms with Crippen molar-refractivity contribution in [2.45, 2.75) is 6.54 Å². The molecule has 1 aromatic heterocycles. The molecule has 0 radical (unpaired) electrons. The van der Waals surface area contributed by atoms with E-state index in [1.165, 1.54) is 10.6 Å². The first-order valence-electron chi connectivity index (χ1n) is 6.46. The largest absolute Gasteiger partial charge is 0.482 e. The van der Waals surface area contributed by atoms with Gasteiger partial charge in [0, 0.05) is 30.9 Å². The minimum Gasteiger partial charge on any atom is -0.482 e. The molecule has 1 heterocycles. The van der Waals surface area contributed by atoms with Crippen LogP contribution >= 0.6 is 23.2 Å². The summed E-state index contributed by atoms with van der Waals surface area (Å²) in [7, 11) is 1.65. The lowest BCUT2D eigenvalue weighted by Gasteiger charge is -2.09. The predicted octanol–water partition coefficient (Wildman–Crippen LogP) is 2.39. The van der Waals surface area contributed by atoms with Gasteiger partial charge >= 0.3 is 0 Å². The zero-order valence-electron chi connectivity index (χ0n) is 11.8. The number of aryl methyl sites for hydroxylation is 1. The van der Waals surface area contributed by atoms with E-state index >= 15 is 0 Å². The van der Waals surface area contributed by atoms with Gasteiger partial charge in [-0.05, 0) is 23.8 Å². The summed E-state index contributed by atoms with van der Waals surface area (Å²) >= 11 is 11.7. The number of hydrogen-bond acceptors (Lipinski definition) is 3. The average molecular weight is 341 g/mol. The average Bonchev–Trinajstić information content (AvgIpc) is 2.47. The second-order valence-electron chi connectivity index (χ2n) is 4.63. The molecule has 0 spiro atoms. The van der Waals surface area contributed by atoms with E-state index in [-0.39, 0.29) is 18.1 Å². The van der Waals surface area contributed by atoms with E-state index in [9.17, 15) is 9.59 Å². The minimum atomic E-state index is -0.292. The fourth-order valence-corrected chi connectivity index (χ4v) is 2.21. The molecule has 116 valence electrons. The first kappa shape index (κ1) is 16.4. The molecule has 0 atom stereocenters. The van der Waals surface area contributed by atoms with E-state index in [0.29, 0.717) is 22.3 Å². The second-order valence-corrected chi connectivity index (χ2v) is 5.47. The summed E-state index contributed by atoms with van der Waals surface area (Å²) in [6.45, 7) is 0.151. The van der Waals surface area contributed by atoms with Gasteiger partial charge in [0.1, 0.15) is 5.75 Å². The maximum atomic E-state index is 11.7. The van der Waals surface area contributed by atoms with Crippen LogP contribution in [-0.2, 0) is 18.4 Å². The van der Waals surface area contributed by atoms with Gasteiger partial charge in [-0.15, -0.1) is 0 Å².